The van der Waals surface area contributed by atoms with Crippen LogP contribution in [-0.2, 0) is 0 Å². The highest BCUT2D eigenvalue weighted by Gasteiger charge is 2.25. The van der Waals surface area contributed by atoms with Crippen LogP contribution in [-0.4, -0.2) is 23.3 Å². The normalized spacial score (nSPS) is 18.8. The SMILES string of the molecule is CCC(C)(O)C(N)CCCCN. The highest BCUT2D eigenvalue weighted by molar-refractivity contribution is 4.83. The van der Waals surface area contributed by atoms with Gasteiger partial charge in [-0.3, -0.25) is 0 Å². The predicted molar refractivity (Wildman–Crippen MR) is 51.8 cm³/mol. The maximum absolute atomic E-state index is 9.73. The molecule has 0 fully saturated rings. The Balaban J connectivity index is 3.63. The quantitative estimate of drug-likeness (QED) is 0.516. The van der Waals surface area contributed by atoms with Gasteiger partial charge in [-0.1, -0.05) is 13.3 Å². The van der Waals surface area contributed by atoms with Crippen LogP contribution in [0.4, 0.5) is 0 Å². The third-order valence-corrected chi connectivity index (χ3v) is 2.48. The first kappa shape index (κ1) is 11.9. The van der Waals surface area contributed by atoms with Crippen LogP contribution in [0.5, 0.6) is 0 Å². The van der Waals surface area contributed by atoms with E-state index in [4.69, 9.17) is 11.5 Å². The van der Waals surface area contributed by atoms with Crippen molar-refractivity contribution < 1.29 is 5.11 Å². The molecule has 74 valence electrons. The van der Waals surface area contributed by atoms with Crippen LogP contribution in [0.3, 0.4) is 0 Å². The molecular weight excluding hydrogens is 152 g/mol. The van der Waals surface area contributed by atoms with Gasteiger partial charge >= 0.3 is 0 Å². The molecule has 0 aromatic heterocycles. The monoisotopic (exact) mass is 174 g/mol. The molecule has 0 aliphatic heterocycles. The van der Waals surface area contributed by atoms with Crippen LogP contribution in [0.25, 0.3) is 0 Å². The number of unbranched alkanes of at least 4 members (excludes halogenated alkanes) is 1. The molecular formula is C9H22N2O. The largest absolute Gasteiger partial charge is 0.389 e. The summed E-state index contributed by atoms with van der Waals surface area (Å²) in [7, 11) is 0. The molecule has 0 aromatic carbocycles. The molecule has 0 aliphatic rings. The van der Waals surface area contributed by atoms with E-state index >= 15 is 0 Å². The fourth-order valence-corrected chi connectivity index (χ4v) is 1.08. The van der Waals surface area contributed by atoms with Gasteiger partial charge in [0.1, 0.15) is 0 Å². The molecule has 0 spiro atoms. The van der Waals surface area contributed by atoms with Gasteiger partial charge in [-0.05, 0) is 32.7 Å². The minimum atomic E-state index is -0.714. The number of hydrogen-bond donors (Lipinski definition) is 3. The molecule has 0 aliphatic carbocycles. The average Bonchev–Trinajstić information content (AvgIpc) is 2.05. The van der Waals surface area contributed by atoms with Crippen LogP contribution in [0.15, 0.2) is 0 Å². The van der Waals surface area contributed by atoms with E-state index in [-0.39, 0.29) is 6.04 Å². The van der Waals surface area contributed by atoms with E-state index in [0.717, 1.165) is 19.3 Å². The first-order chi connectivity index (χ1) is 5.54. The molecule has 12 heavy (non-hydrogen) atoms. The van der Waals surface area contributed by atoms with E-state index in [1.54, 1.807) is 6.92 Å². The van der Waals surface area contributed by atoms with Gasteiger partial charge in [0, 0.05) is 6.04 Å². The summed E-state index contributed by atoms with van der Waals surface area (Å²) < 4.78 is 0. The molecule has 0 saturated carbocycles. The van der Waals surface area contributed by atoms with Crippen molar-refractivity contribution in [3.05, 3.63) is 0 Å². The Morgan fingerprint density at radius 3 is 2.42 bits per heavy atom. The molecule has 0 saturated heterocycles. The fraction of sp³-hybridized carbons (Fsp3) is 1.00. The summed E-state index contributed by atoms with van der Waals surface area (Å²) in [4.78, 5) is 0. The van der Waals surface area contributed by atoms with E-state index in [1.165, 1.54) is 0 Å². The van der Waals surface area contributed by atoms with Gasteiger partial charge in [0.05, 0.1) is 5.60 Å². The highest BCUT2D eigenvalue weighted by Crippen LogP contribution is 2.16. The second-order valence-electron chi connectivity index (χ2n) is 3.60. The van der Waals surface area contributed by atoms with Crippen molar-refractivity contribution in [2.45, 2.75) is 51.2 Å². The summed E-state index contributed by atoms with van der Waals surface area (Å²) in [5, 5.41) is 9.73. The van der Waals surface area contributed by atoms with Crippen molar-refractivity contribution in [1.29, 1.82) is 0 Å². The molecule has 0 radical (unpaired) electrons. The molecule has 0 amide bonds. The molecule has 3 heteroatoms. The third-order valence-electron chi connectivity index (χ3n) is 2.48. The van der Waals surface area contributed by atoms with E-state index in [1.807, 2.05) is 6.92 Å². The molecule has 0 rings (SSSR count). The van der Waals surface area contributed by atoms with E-state index in [2.05, 4.69) is 0 Å². The van der Waals surface area contributed by atoms with Crippen molar-refractivity contribution in [3.63, 3.8) is 0 Å². The zero-order valence-corrected chi connectivity index (χ0v) is 8.21. The van der Waals surface area contributed by atoms with Crippen LogP contribution >= 0.6 is 0 Å². The van der Waals surface area contributed by atoms with Crippen LogP contribution in [0.2, 0.25) is 0 Å². The van der Waals surface area contributed by atoms with E-state index in [0.29, 0.717) is 13.0 Å². The summed E-state index contributed by atoms with van der Waals surface area (Å²) in [5.41, 5.74) is 10.5. The van der Waals surface area contributed by atoms with Gasteiger partial charge in [0.15, 0.2) is 0 Å². The number of hydrogen-bond acceptors (Lipinski definition) is 3. The average molecular weight is 174 g/mol. The molecule has 2 atom stereocenters. The molecule has 0 aromatic rings. The standard InChI is InChI=1S/C9H22N2O/c1-3-9(2,12)8(11)6-4-5-7-10/h8,12H,3-7,10-11H2,1-2H3. The zero-order chi connectivity index (χ0) is 9.61. The Morgan fingerprint density at radius 2 is 2.00 bits per heavy atom. The Morgan fingerprint density at radius 1 is 1.42 bits per heavy atom. The number of aliphatic hydroxyl groups is 1. The van der Waals surface area contributed by atoms with Gasteiger partial charge in [0.2, 0.25) is 0 Å². The van der Waals surface area contributed by atoms with Crippen molar-refractivity contribution in [2.75, 3.05) is 6.54 Å². The lowest BCUT2D eigenvalue weighted by Crippen LogP contribution is -2.45. The van der Waals surface area contributed by atoms with Gasteiger partial charge in [-0.25, -0.2) is 0 Å². The topological polar surface area (TPSA) is 72.3 Å². The van der Waals surface area contributed by atoms with E-state index in [9.17, 15) is 5.11 Å². The maximum Gasteiger partial charge on any atom is 0.0767 e. The van der Waals surface area contributed by atoms with Gasteiger partial charge in [-0.2, -0.15) is 0 Å². The van der Waals surface area contributed by atoms with Crippen LogP contribution < -0.4 is 11.5 Å². The second kappa shape index (κ2) is 5.51. The second-order valence-corrected chi connectivity index (χ2v) is 3.60. The molecule has 0 bridgehead atoms. The van der Waals surface area contributed by atoms with Gasteiger partial charge in [0.25, 0.3) is 0 Å². The van der Waals surface area contributed by atoms with E-state index < -0.39 is 5.60 Å². The summed E-state index contributed by atoms with van der Waals surface area (Å²) in [6.45, 7) is 4.45. The zero-order valence-electron chi connectivity index (χ0n) is 8.21. The summed E-state index contributed by atoms with van der Waals surface area (Å²) in [6, 6.07) is -0.117. The highest BCUT2D eigenvalue weighted by atomic mass is 16.3. The smallest absolute Gasteiger partial charge is 0.0767 e. The van der Waals surface area contributed by atoms with Crippen molar-refractivity contribution >= 4 is 0 Å². The Hall–Kier alpha value is -0.120. The lowest BCUT2D eigenvalue weighted by atomic mass is 9.90. The minimum Gasteiger partial charge on any atom is -0.389 e. The fourth-order valence-electron chi connectivity index (χ4n) is 1.08. The van der Waals surface area contributed by atoms with Gasteiger partial charge in [-0.15, -0.1) is 0 Å². The molecule has 0 heterocycles. The third kappa shape index (κ3) is 4.04. The number of nitrogens with two attached hydrogens (primary N) is 2. The van der Waals surface area contributed by atoms with Gasteiger partial charge < -0.3 is 16.6 Å². The van der Waals surface area contributed by atoms with Crippen molar-refractivity contribution in [1.82, 2.24) is 0 Å². The summed E-state index contributed by atoms with van der Waals surface area (Å²) >= 11 is 0. The lowest BCUT2D eigenvalue weighted by Gasteiger charge is -2.28. The maximum atomic E-state index is 9.73. The van der Waals surface area contributed by atoms with Crippen molar-refractivity contribution in [3.8, 4) is 0 Å². The minimum absolute atomic E-state index is 0.117. The molecule has 2 unspecified atom stereocenters. The Labute approximate surface area is 75.1 Å². The summed E-state index contributed by atoms with van der Waals surface area (Å²) in [6.07, 6.45) is 3.57. The summed E-state index contributed by atoms with van der Waals surface area (Å²) in [5.74, 6) is 0. The Kier molecular flexibility index (Phi) is 5.46. The molecule has 5 N–H and O–H groups in total. The molecule has 3 nitrogen and oxygen atoms in total. The first-order valence-corrected chi connectivity index (χ1v) is 4.72. The van der Waals surface area contributed by atoms with Crippen molar-refractivity contribution in [2.24, 2.45) is 11.5 Å². The predicted octanol–water partition coefficient (Wildman–Crippen LogP) is 0.604. The van der Waals surface area contributed by atoms with Crippen LogP contribution in [0, 0.1) is 0 Å². The Bertz CT molecular complexity index is 115. The van der Waals surface area contributed by atoms with Crippen LogP contribution in [0.1, 0.15) is 39.5 Å². The first-order valence-electron chi connectivity index (χ1n) is 4.72. The lowest BCUT2D eigenvalue weighted by molar-refractivity contribution is 0.0255. The number of rotatable bonds is 6.